The average molecular weight is 357 g/mol. The van der Waals surface area contributed by atoms with Gasteiger partial charge in [0.05, 0.1) is 10.6 Å². The molecule has 8 nitrogen and oxygen atoms in total. The van der Waals surface area contributed by atoms with E-state index in [0.717, 1.165) is 39.0 Å². The number of carbonyl (C=O) groups is 1. The van der Waals surface area contributed by atoms with Crippen LogP contribution in [0.15, 0.2) is 36.5 Å². The number of nitro groups is 1. The van der Waals surface area contributed by atoms with Crippen LogP contribution in [0.25, 0.3) is 5.69 Å². The number of nitrogens with zero attached hydrogens (tertiary/aromatic N) is 4. The van der Waals surface area contributed by atoms with Gasteiger partial charge in [0.25, 0.3) is 11.6 Å². The van der Waals surface area contributed by atoms with E-state index in [2.05, 4.69) is 17.3 Å². The Hall–Kier alpha value is -2.74. The number of rotatable bonds is 6. The molecule has 1 saturated heterocycles. The van der Waals surface area contributed by atoms with Crippen molar-refractivity contribution in [1.29, 1.82) is 0 Å². The van der Waals surface area contributed by atoms with Crippen LogP contribution in [0, 0.1) is 16.0 Å². The van der Waals surface area contributed by atoms with Crippen molar-refractivity contribution in [3.8, 4) is 5.69 Å². The first-order valence-corrected chi connectivity index (χ1v) is 8.89. The predicted octanol–water partition coefficient (Wildman–Crippen LogP) is 2.24. The minimum absolute atomic E-state index is 0.00589. The van der Waals surface area contributed by atoms with E-state index in [0.29, 0.717) is 17.3 Å². The normalized spacial score (nSPS) is 15.2. The van der Waals surface area contributed by atoms with Gasteiger partial charge in [-0.3, -0.25) is 14.9 Å². The second kappa shape index (κ2) is 8.09. The molecule has 2 heterocycles. The van der Waals surface area contributed by atoms with E-state index < -0.39 is 4.92 Å². The van der Waals surface area contributed by atoms with Crippen molar-refractivity contribution in [2.24, 2.45) is 5.92 Å². The molecular formula is C18H23N5O3. The van der Waals surface area contributed by atoms with Crippen LogP contribution < -0.4 is 5.32 Å². The monoisotopic (exact) mass is 357 g/mol. The van der Waals surface area contributed by atoms with Crippen LogP contribution in [0.3, 0.4) is 0 Å². The molecule has 1 aromatic carbocycles. The lowest BCUT2D eigenvalue weighted by Crippen LogP contribution is -2.41. The standard InChI is InChI=1S/C18H23N5O3/c1-2-19-13-14-6-9-21(10-7-14)18(24)17-8-11-22(20-17)15-4-3-5-16(12-15)23(25)26/h3-5,8,11-12,14,19H,2,6-7,9-10,13H2,1H3. The third-order valence-electron chi connectivity index (χ3n) is 4.70. The van der Waals surface area contributed by atoms with Crippen molar-refractivity contribution in [3.05, 3.63) is 52.3 Å². The van der Waals surface area contributed by atoms with Crippen LogP contribution in [0.1, 0.15) is 30.3 Å². The number of piperidine rings is 1. The van der Waals surface area contributed by atoms with E-state index in [9.17, 15) is 14.9 Å². The number of hydrogen-bond acceptors (Lipinski definition) is 5. The summed E-state index contributed by atoms with van der Waals surface area (Å²) in [5.74, 6) is 0.525. The molecule has 138 valence electrons. The number of amides is 1. The molecule has 0 bridgehead atoms. The van der Waals surface area contributed by atoms with E-state index in [1.165, 1.54) is 16.8 Å². The Morgan fingerprint density at radius 3 is 2.81 bits per heavy atom. The molecule has 0 unspecified atom stereocenters. The lowest BCUT2D eigenvalue weighted by molar-refractivity contribution is -0.384. The summed E-state index contributed by atoms with van der Waals surface area (Å²) in [5.41, 5.74) is 0.915. The zero-order valence-electron chi connectivity index (χ0n) is 14.8. The fourth-order valence-corrected chi connectivity index (χ4v) is 3.18. The summed E-state index contributed by atoms with van der Waals surface area (Å²) in [7, 11) is 0. The molecule has 0 atom stereocenters. The molecule has 2 aromatic rings. The predicted molar refractivity (Wildman–Crippen MR) is 97.4 cm³/mol. The molecule has 26 heavy (non-hydrogen) atoms. The number of likely N-dealkylation sites (tertiary alicyclic amines) is 1. The van der Waals surface area contributed by atoms with Crippen molar-refractivity contribution in [2.45, 2.75) is 19.8 Å². The molecule has 1 aromatic heterocycles. The summed E-state index contributed by atoms with van der Waals surface area (Å²) in [4.78, 5) is 25.0. The maximum atomic E-state index is 12.7. The SMILES string of the molecule is CCNCC1CCN(C(=O)c2ccn(-c3cccc([N+](=O)[O-])c3)n2)CC1. The van der Waals surface area contributed by atoms with Gasteiger partial charge in [0.15, 0.2) is 5.69 Å². The second-order valence-corrected chi connectivity index (χ2v) is 6.47. The van der Waals surface area contributed by atoms with Crippen LogP contribution >= 0.6 is 0 Å². The Morgan fingerprint density at radius 2 is 2.12 bits per heavy atom. The van der Waals surface area contributed by atoms with E-state index in [1.807, 2.05) is 4.90 Å². The summed E-state index contributed by atoms with van der Waals surface area (Å²) in [5, 5.41) is 18.6. The van der Waals surface area contributed by atoms with Gasteiger partial charge in [-0.15, -0.1) is 0 Å². The van der Waals surface area contributed by atoms with E-state index in [1.54, 1.807) is 24.4 Å². The molecule has 1 aliphatic rings. The molecule has 1 fully saturated rings. The Labute approximate surface area is 151 Å². The van der Waals surface area contributed by atoms with Gasteiger partial charge in [0, 0.05) is 31.4 Å². The lowest BCUT2D eigenvalue weighted by Gasteiger charge is -2.31. The van der Waals surface area contributed by atoms with Gasteiger partial charge in [-0.05, 0) is 44.0 Å². The minimum atomic E-state index is -0.448. The number of nitrogens with one attached hydrogen (secondary N) is 1. The fourth-order valence-electron chi connectivity index (χ4n) is 3.18. The number of carbonyl (C=O) groups excluding carboxylic acids is 1. The number of non-ortho nitro benzene ring substituents is 1. The van der Waals surface area contributed by atoms with Gasteiger partial charge in [-0.1, -0.05) is 13.0 Å². The molecule has 1 N–H and O–H groups in total. The van der Waals surface area contributed by atoms with Crippen molar-refractivity contribution in [3.63, 3.8) is 0 Å². The quantitative estimate of drug-likeness (QED) is 0.632. The smallest absolute Gasteiger partial charge is 0.274 e. The van der Waals surface area contributed by atoms with Gasteiger partial charge < -0.3 is 10.2 Å². The van der Waals surface area contributed by atoms with Gasteiger partial charge in [-0.25, -0.2) is 4.68 Å². The van der Waals surface area contributed by atoms with Crippen molar-refractivity contribution in [1.82, 2.24) is 20.0 Å². The second-order valence-electron chi connectivity index (χ2n) is 6.47. The van der Waals surface area contributed by atoms with Crippen LogP contribution in [-0.2, 0) is 0 Å². The highest BCUT2D eigenvalue weighted by Crippen LogP contribution is 2.19. The van der Waals surface area contributed by atoms with Crippen molar-refractivity contribution in [2.75, 3.05) is 26.2 Å². The first kappa shape index (κ1) is 18.1. The van der Waals surface area contributed by atoms with Crippen molar-refractivity contribution < 1.29 is 9.72 Å². The van der Waals surface area contributed by atoms with E-state index in [-0.39, 0.29) is 11.6 Å². The van der Waals surface area contributed by atoms with E-state index in [4.69, 9.17) is 0 Å². The number of benzene rings is 1. The number of aromatic nitrogens is 2. The van der Waals surface area contributed by atoms with Gasteiger partial charge in [0.2, 0.25) is 0 Å². The topological polar surface area (TPSA) is 93.3 Å². The zero-order chi connectivity index (χ0) is 18.5. The molecular weight excluding hydrogens is 334 g/mol. The third kappa shape index (κ3) is 4.08. The van der Waals surface area contributed by atoms with Crippen LogP contribution in [0.2, 0.25) is 0 Å². The molecule has 8 heteroatoms. The van der Waals surface area contributed by atoms with Crippen LogP contribution in [0.5, 0.6) is 0 Å². The zero-order valence-corrected chi connectivity index (χ0v) is 14.8. The highest BCUT2D eigenvalue weighted by atomic mass is 16.6. The maximum absolute atomic E-state index is 12.7. The summed E-state index contributed by atoms with van der Waals surface area (Å²) in [6, 6.07) is 7.85. The molecule has 1 amide bonds. The molecule has 0 aliphatic carbocycles. The van der Waals surface area contributed by atoms with Crippen molar-refractivity contribution >= 4 is 11.6 Å². The molecule has 0 radical (unpaired) electrons. The van der Waals surface area contributed by atoms with E-state index >= 15 is 0 Å². The van der Waals surface area contributed by atoms with Gasteiger partial charge in [0.1, 0.15) is 0 Å². The molecule has 0 spiro atoms. The summed E-state index contributed by atoms with van der Waals surface area (Å²) in [6.07, 6.45) is 3.64. The summed E-state index contributed by atoms with van der Waals surface area (Å²) in [6.45, 7) is 5.53. The molecule has 0 saturated carbocycles. The average Bonchev–Trinajstić information content (AvgIpc) is 3.16. The van der Waals surface area contributed by atoms with Crippen LogP contribution in [-0.4, -0.2) is 51.7 Å². The lowest BCUT2D eigenvalue weighted by atomic mass is 9.96. The fraction of sp³-hybridized carbons (Fsp3) is 0.444. The highest BCUT2D eigenvalue weighted by Gasteiger charge is 2.24. The Kier molecular flexibility index (Phi) is 5.62. The Balaban J connectivity index is 1.65. The maximum Gasteiger partial charge on any atom is 0.274 e. The van der Waals surface area contributed by atoms with Gasteiger partial charge in [-0.2, -0.15) is 5.10 Å². The third-order valence-corrected chi connectivity index (χ3v) is 4.70. The largest absolute Gasteiger partial charge is 0.337 e. The number of nitro benzene ring substituents is 1. The Bertz CT molecular complexity index is 781. The molecule has 3 rings (SSSR count). The van der Waals surface area contributed by atoms with Crippen LogP contribution in [0.4, 0.5) is 5.69 Å². The number of hydrogen-bond donors (Lipinski definition) is 1. The summed E-state index contributed by atoms with van der Waals surface area (Å²) < 4.78 is 1.50. The first-order valence-electron chi connectivity index (χ1n) is 8.89. The minimum Gasteiger partial charge on any atom is -0.337 e. The Morgan fingerprint density at radius 1 is 1.35 bits per heavy atom. The highest BCUT2D eigenvalue weighted by molar-refractivity contribution is 5.92. The first-order chi connectivity index (χ1) is 12.6. The molecule has 1 aliphatic heterocycles. The summed E-state index contributed by atoms with van der Waals surface area (Å²) >= 11 is 0. The van der Waals surface area contributed by atoms with Gasteiger partial charge >= 0.3 is 0 Å².